The maximum atomic E-state index is 14.2. The topological polar surface area (TPSA) is 111 Å². The van der Waals surface area contributed by atoms with Gasteiger partial charge >= 0.3 is 6.29 Å². The van der Waals surface area contributed by atoms with Crippen LogP contribution in [0.5, 0.6) is 11.5 Å². The minimum absolute atomic E-state index is 0.127. The molecule has 2 aliphatic heterocycles. The van der Waals surface area contributed by atoms with Crippen LogP contribution in [-0.2, 0) is 21.4 Å². The lowest BCUT2D eigenvalue weighted by atomic mass is 10.1. The molecule has 2 aromatic carbocycles. The van der Waals surface area contributed by atoms with E-state index < -0.39 is 46.8 Å². The molecule has 5 rings (SSSR count). The molecule has 0 aliphatic carbocycles. The van der Waals surface area contributed by atoms with Crippen molar-refractivity contribution in [1.29, 1.82) is 0 Å². The number of halogens is 4. The summed E-state index contributed by atoms with van der Waals surface area (Å²) in [7, 11) is -4.26. The van der Waals surface area contributed by atoms with Crippen molar-refractivity contribution < 1.29 is 40.2 Å². The summed E-state index contributed by atoms with van der Waals surface area (Å²) in [5, 5.41) is 2.55. The highest BCUT2D eigenvalue weighted by Gasteiger charge is 2.45. The maximum absolute atomic E-state index is 14.2. The predicted octanol–water partition coefficient (Wildman–Crippen LogP) is 3.02. The number of carbonyl (C=O) groups excluding carboxylic acids is 1. The van der Waals surface area contributed by atoms with Gasteiger partial charge in [-0.1, -0.05) is 0 Å². The van der Waals surface area contributed by atoms with Crippen LogP contribution in [0.3, 0.4) is 0 Å². The van der Waals surface area contributed by atoms with Crippen molar-refractivity contribution in [2.75, 3.05) is 6.54 Å². The van der Waals surface area contributed by atoms with E-state index in [4.69, 9.17) is 0 Å². The van der Waals surface area contributed by atoms with Gasteiger partial charge in [-0.05, 0) is 48.5 Å². The quantitative estimate of drug-likeness (QED) is 0.481. The van der Waals surface area contributed by atoms with Crippen LogP contribution >= 0.6 is 0 Å². The summed E-state index contributed by atoms with van der Waals surface area (Å²) in [5.41, 5.74) is 1.08. The van der Waals surface area contributed by atoms with Gasteiger partial charge in [0.05, 0.1) is 22.8 Å². The predicted molar refractivity (Wildman–Crippen MR) is 119 cm³/mol. The van der Waals surface area contributed by atoms with Gasteiger partial charge in [0.25, 0.3) is 0 Å². The number of sulfonamides is 1. The molecule has 1 saturated heterocycles. The van der Waals surface area contributed by atoms with Crippen LogP contribution in [0.2, 0.25) is 0 Å². The molecule has 3 aromatic rings. The highest BCUT2D eigenvalue weighted by atomic mass is 32.2. The molecule has 3 heterocycles. The van der Waals surface area contributed by atoms with E-state index >= 15 is 0 Å². The smallest absolute Gasteiger partial charge is 0.395 e. The summed E-state index contributed by atoms with van der Waals surface area (Å²) in [5.74, 6) is -1.67. The number of alkyl halides is 3. The van der Waals surface area contributed by atoms with E-state index in [2.05, 4.69) is 24.8 Å². The molecule has 0 radical (unpaired) electrons. The summed E-state index contributed by atoms with van der Waals surface area (Å²) >= 11 is 0. The Kier molecular flexibility index (Phi) is 6.23. The molecule has 2 aliphatic rings. The molecule has 0 bridgehead atoms. The van der Waals surface area contributed by atoms with Gasteiger partial charge < -0.3 is 14.8 Å². The van der Waals surface area contributed by atoms with Gasteiger partial charge in [0, 0.05) is 18.5 Å². The zero-order valence-electron chi connectivity index (χ0n) is 18.8. The lowest BCUT2D eigenvalue weighted by Crippen LogP contribution is -2.45. The highest BCUT2D eigenvalue weighted by Crippen LogP contribution is 2.42. The molecular formula is C23H18F4N4O5S. The van der Waals surface area contributed by atoms with Crippen LogP contribution in [0, 0.1) is 5.82 Å². The van der Waals surface area contributed by atoms with E-state index in [0.717, 1.165) is 28.6 Å². The Morgan fingerprint density at radius 2 is 1.81 bits per heavy atom. The number of nitrogens with zero attached hydrogens (tertiary/aromatic N) is 3. The second-order valence-electron chi connectivity index (χ2n) is 8.32. The molecule has 0 unspecified atom stereocenters. The van der Waals surface area contributed by atoms with Gasteiger partial charge in [-0.2, -0.15) is 4.31 Å². The molecular weight excluding hydrogens is 520 g/mol. The van der Waals surface area contributed by atoms with E-state index in [0.29, 0.717) is 17.0 Å². The second-order valence-corrected chi connectivity index (χ2v) is 10.2. The molecule has 1 fully saturated rings. The Morgan fingerprint density at radius 1 is 1.08 bits per heavy atom. The second kappa shape index (κ2) is 9.27. The first-order valence-electron chi connectivity index (χ1n) is 10.9. The normalized spacial score (nSPS) is 20.6. The number of carbonyl (C=O) groups is 1. The van der Waals surface area contributed by atoms with Crippen molar-refractivity contribution in [3.8, 4) is 22.8 Å². The average Bonchev–Trinajstić information content (AvgIpc) is 3.41. The van der Waals surface area contributed by atoms with Crippen molar-refractivity contribution in [3.63, 3.8) is 0 Å². The van der Waals surface area contributed by atoms with Gasteiger partial charge in [-0.25, -0.2) is 27.2 Å². The number of benzene rings is 2. The van der Waals surface area contributed by atoms with E-state index in [9.17, 15) is 30.8 Å². The third kappa shape index (κ3) is 5.06. The molecule has 0 spiro atoms. The first-order valence-corrected chi connectivity index (χ1v) is 12.4. The number of hydrogen-bond donors (Lipinski definition) is 1. The van der Waals surface area contributed by atoms with Crippen LogP contribution in [-0.4, -0.2) is 53.7 Å². The fourth-order valence-corrected chi connectivity index (χ4v) is 5.68. The Balaban J connectivity index is 1.29. The first-order chi connectivity index (χ1) is 17.5. The zero-order chi connectivity index (χ0) is 26.4. The van der Waals surface area contributed by atoms with Crippen LogP contribution < -0.4 is 14.8 Å². The number of hydrogen-bond acceptors (Lipinski definition) is 7. The molecule has 9 nitrogen and oxygen atoms in total. The lowest BCUT2D eigenvalue weighted by molar-refractivity contribution is -0.286. The van der Waals surface area contributed by atoms with E-state index in [1.165, 1.54) is 30.6 Å². The van der Waals surface area contributed by atoms with Gasteiger partial charge in [0.15, 0.2) is 11.5 Å². The van der Waals surface area contributed by atoms with Crippen molar-refractivity contribution in [2.24, 2.45) is 0 Å². The van der Waals surface area contributed by atoms with Crippen molar-refractivity contribution in [2.45, 2.75) is 36.4 Å². The highest BCUT2D eigenvalue weighted by molar-refractivity contribution is 7.89. The Labute approximate surface area is 208 Å². The molecule has 1 N–H and O–H groups in total. The SMILES string of the molecule is O=C(NCc1cc(-c2ccc3c(c2)OC(F)(F)O3)ncn1)[C@@H]1C[C@@H](F)CN1S(=O)(=O)c1ccc(F)cc1. The summed E-state index contributed by atoms with van der Waals surface area (Å²) in [6, 6.07) is 8.31. The molecule has 2 atom stereocenters. The first kappa shape index (κ1) is 24.9. The standard InChI is InChI=1S/C23H18F4N4O5S/c24-14-2-4-17(5-3-14)37(33,34)31-11-15(25)8-19(31)22(32)28-10-16-9-18(30-12-29-16)13-1-6-20-21(7-13)36-23(26,27)35-20/h1-7,9,12,15,19H,8,10-11H2,(H,28,32)/t15-,19+/m1/s1. The fourth-order valence-electron chi connectivity index (χ4n) is 4.06. The molecule has 0 saturated carbocycles. The Morgan fingerprint density at radius 3 is 2.57 bits per heavy atom. The molecule has 37 heavy (non-hydrogen) atoms. The fraction of sp³-hybridized carbons (Fsp3) is 0.261. The van der Waals surface area contributed by atoms with E-state index in [1.54, 1.807) is 0 Å². The van der Waals surface area contributed by atoms with Crippen LogP contribution in [0.1, 0.15) is 12.1 Å². The van der Waals surface area contributed by atoms with Gasteiger partial charge in [0.2, 0.25) is 15.9 Å². The summed E-state index contributed by atoms with van der Waals surface area (Å²) in [6.07, 6.45) is -4.47. The van der Waals surface area contributed by atoms with Crippen LogP contribution in [0.4, 0.5) is 17.6 Å². The van der Waals surface area contributed by atoms with E-state index in [-0.39, 0.29) is 29.4 Å². The van der Waals surface area contributed by atoms with E-state index in [1.807, 2.05) is 0 Å². The largest absolute Gasteiger partial charge is 0.586 e. The summed E-state index contributed by atoms with van der Waals surface area (Å²) < 4.78 is 89.5. The number of nitrogens with one attached hydrogen (secondary N) is 1. The van der Waals surface area contributed by atoms with Crippen LogP contribution in [0.25, 0.3) is 11.3 Å². The summed E-state index contributed by atoms with van der Waals surface area (Å²) in [6.45, 7) is -0.659. The van der Waals surface area contributed by atoms with Gasteiger partial charge in [0.1, 0.15) is 24.4 Å². The number of rotatable bonds is 6. The number of fused-ring (bicyclic) bond motifs is 1. The maximum Gasteiger partial charge on any atom is 0.586 e. The summed E-state index contributed by atoms with van der Waals surface area (Å²) in [4.78, 5) is 20.8. The molecule has 194 valence electrons. The van der Waals surface area contributed by atoms with Crippen molar-refractivity contribution in [1.82, 2.24) is 19.6 Å². The minimum atomic E-state index is -4.26. The number of amides is 1. The third-order valence-electron chi connectivity index (χ3n) is 5.79. The van der Waals surface area contributed by atoms with Crippen molar-refractivity contribution >= 4 is 15.9 Å². The molecule has 1 aromatic heterocycles. The van der Waals surface area contributed by atoms with Gasteiger partial charge in [-0.3, -0.25) is 4.79 Å². The Bertz CT molecular complexity index is 1460. The molecule has 1 amide bonds. The monoisotopic (exact) mass is 538 g/mol. The minimum Gasteiger partial charge on any atom is -0.395 e. The molecule has 14 heteroatoms. The lowest BCUT2D eigenvalue weighted by Gasteiger charge is -2.23. The average molecular weight is 538 g/mol. The third-order valence-corrected chi connectivity index (χ3v) is 7.68. The number of ether oxygens (including phenoxy) is 2. The van der Waals surface area contributed by atoms with Crippen molar-refractivity contribution in [3.05, 3.63) is 66.4 Å². The zero-order valence-corrected chi connectivity index (χ0v) is 19.6. The van der Waals surface area contributed by atoms with Crippen LogP contribution in [0.15, 0.2) is 59.8 Å². The Hall–Kier alpha value is -3.78. The number of aromatic nitrogens is 2. The van der Waals surface area contributed by atoms with Gasteiger partial charge in [-0.15, -0.1) is 8.78 Å².